The first kappa shape index (κ1) is 13.7. The van der Waals surface area contributed by atoms with Gasteiger partial charge in [0.25, 0.3) is 0 Å². The molecule has 0 aliphatic carbocycles. The first-order chi connectivity index (χ1) is 8.61. The van der Waals surface area contributed by atoms with Crippen molar-refractivity contribution in [3.8, 4) is 0 Å². The molecule has 0 bridgehead atoms. The van der Waals surface area contributed by atoms with Crippen LogP contribution >= 0.6 is 11.6 Å². The maximum absolute atomic E-state index is 9.46. The lowest BCUT2D eigenvalue weighted by Crippen LogP contribution is -2.38. The summed E-state index contributed by atoms with van der Waals surface area (Å²) in [5.41, 5.74) is 2.06. The largest absolute Gasteiger partial charge is 0.392 e. The Hall–Kier alpha value is -0.770. The molecule has 1 fully saturated rings. The van der Waals surface area contributed by atoms with E-state index < -0.39 is 0 Å². The fourth-order valence-electron chi connectivity index (χ4n) is 2.70. The Balaban J connectivity index is 2.26. The fourth-order valence-corrected chi connectivity index (χ4v) is 2.87. The summed E-state index contributed by atoms with van der Waals surface area (Å²) in [5.74, 6) is 0. The highest BCUT2D eigenvalue weighted by atomic mass is 35.5. The van der Waals surface area contributed by atoms with Crippen molar-refractivity contribution in [1.29, 1.82) is 0 Å². The van der Waals surface area contributed by atoms with Crippen LogP contribution in [-0.4, -0.2) is 43.2 Å². The maximum Gasteiger partial charge on any atom is 0.0702 e. The van der Waals surface area contributed by atoms with Gasteiger partial charge in [0.1, 0.15) is 0 Å². The molecule has 0 radical (unpaired) electrons. The lowest BCUT2D eigenvalue weighted by atomic mass is 10.1. The van der Waals surface area contributed by atoms with E-state index >= 15 is 0 Å². The van der Waals surface area contributed by atoms with Gasteiger partial charge in [-0.15, -0.1) is 0 Å². The zero-order valence-electron chi connectivity index (χ0n) is 11.1. The smallest absolute Gasteiger partial charge is 0.0702 e. The van der Waals surface area contributed by atoms with Crippen LogP contribution in [0.1, 0.15) is 18.4 Å². The average molecular weight is 269 g/mol. The normalized spacial score (nSPS) is 19.8. The van der Waals surface area contributed by atoms with E-state index in [0.717, 1.165) is 29.4 Å². The summed E-state index contributed by atoms with van der Waals surface area (Å²) in [6.45, 7) is 2.15. The number of aliphatic hydroxyl groups is 1. The molecule has 2 rings (SSSR count). The first-order valence-electron chi connectivity index (χ1n) is 6.42. The Morgan fingerprint density at radius 3 is 2.89 bits per heavy atom. The number of anilines is 1. The van der Waals surface area contributed by atoms with Gasteiger partial charge in [-0.05, 0) is 39.1 Å². The highest BCUT2D eigenvalue weighted by molar-refractivity contribution is 6.30. The number of likely N-dealkylation sites (N-methyl/N-ethyl adjacent to an activating group) is 1. The number of benzene rings is 1. The highest BCUT2D eigenvalue weighted by Crippen LogP contribution is 2.31. The molecule has 0 spiro atoms. The van der Waals surface area contributed by atoms with Crippen molar-refractivity contribution in [1.82, 2.24) is 4.90 Å². The van der Waals surface area contributed by atoms with Crippen molar-refractivity contribution in [2.45, 2.75) is 25.5 Å². The SMILES string of the molecule is CN(C)CC1CCCN1c1cc(Cl)ccc1CO. The summed E-state index contributed by atoms with van der Waals surface area (Å²) >= 11 is 6.09. The number of hydrogen-bond donors (Lipinski definition) is 1. The van der Waals surface area contributed by atoms with Crippen LogP contribution < -0.4 is 4.90 Å². The Morgan fingerprint density at radius 1 is 1.44 bits per heavy atom. The summed E-state index contributed by atoms with van der Waals surface area (Å²) in [6, 6.07) is 6.25. The second kappa shape index (κ2) is 5.91. The molecule has 18 heavy (non-hydrogen) atoms. The van der Waals surface area contributed by atoms with Crippen molar-refractivity contribution in [2.24, 2.45) is 0 Å². The van der Waals surface area contributed by atoms with E-state index in [1.54, 1.807) is 0 Å². The Bertz CT molecular complexity index is 409. The molecule has 1 saturated heterocycles. The first-order valence-corrected chi connectivity index (χ1v) is 6.80. The van der Waals surface area contributed by atoms with Gasteiger partial charge in [-0.25, -0.2) is 0 Å². The van der Waals surface area contributed by atoms with Gasteiger partial charge in [-0.2, -0.15) is 0 Å². The molecule has 0 saturated carbocycles. The second-order valence-electron chi connectivity index (χ2n) is 5.18. The molecule has 1 aromatic carbocycles. The van der Waals surface area contributed by atoms with Crippen LogP contribution in [-0.2, 0) is 6.61 Å². The summed E-state index contributed by atoms with van der Waals surface area (Å²) in [4.78, 5) is 4.60. The quantitative estimate of drug-likeness (QED) is 0.908. The number of nitrogens with zero attached hydrogens (tertiary/aromatic N) is 2. The van der Waals surface area contributed by atoms with E-state index in [1.165, 1.54) is 12.8 Å². The van der Waals surface area contributed by atoms with Gasteiger partial charge in [0.05, 0.1) is 6.61 Å². The Kier molecular flexibility index (Phi) is 4.49. The topological polar surface area (TPSA) is 26.7 Å². The molecule has 0 amide bonds. The molecule has 0 aromatic heterocycles. The molecule has 1 aliphatic rings. The minimum Gasteiger partial charge on any atom is -0.392 e. The molecule has 1 N–H and O–H groups in total. The third-order valence-electron chi connectivity index (χ3n) is 3.48. The molecule has 1 aromatic rings. The van der Waals surface area contributed by atoms with Crippen LogP contribution in [0.2, 0.25) is 5.02 Å². The maximum atomic E-state index is 9.46. The van der Waals surface area contributed by atoms with Crippen molar-refractivity contribution in [2.75, 3.05) is 32.1 Å². The third kappa shape index (κ3) is 2.97. The number of aliphatic hydroxyl groups excluding tert-OH is 1. The van der Waals surface area contributed by atoms with Crippen molar-refractivity contribution in [3.63, 3.8) is 0 Å². The molecule has 100 valence electrons. The molecule has 1 atom stereocenters. The number of hydrogen-bond acceptors (Lipinski definition) is 3. The summed E-state index contributed by atoms with van der Waals surface area (Å²) < 4.78 is 0. The van der Waals surface area contributed by atoms with E-state index in [2.05, 4.69) is 23.9 Å². The molecule has 4 heteroatoms. The van der Waals surface area contributed by atoms with Gasteiger partial charge in [0.15, 0.2) is 0 Å². The zero-order chi connectivity index (χ0) is 13.1. The number of halogens is 1. The molecular formula is C14H21ClN2O. The molecule has 3 nitrogen and oxygen atoms in total. The van der Waals surface area contributed by atoms with Gasteiger partial charge < -0.3 is 14.9 Å². The summed E-state index contributed by atoms with van der Waals surface area (Å²) in [5, 5.41) is 10.2. The van der Waals surface area contributed by atoms with Crippen molar-refractivity contribution < 1.29 is 5.11 Å². The lowest BCUT2D eigenvalue weighted by Gasteiger charge is -2.30. The second-order valence-corrected chi connectivity index (χ2v) is 5.62. The van der Waals surface area contributed by atoms with Gasteiger partial charge >= 0.3 is 0 Å². The van der Waals surface area contributed by atoms with E-state index in [4.69, 9.17) is 11.6 Å². The van der Waals surface area contributed by atoms with Crippen molar-refractivity contribution in [3.05, 3.63) is 28.8 Å². The molecule has 1 unspecified atom stereocenters. The summed E-state index contributed by atoms with van der Waals surface area (Å²) in [6.07, 6.45) is 2.41. The fraction of sp³-hybridized carbons (Fsp3) is 0.571. The minimum atomic E-state index is 0.0671. The zero-order valence-corrected chi connectivity index (χ0v) is 11.8. The van der Waals surface area contributed by atoms with Crippen LogP contribution in [0.25, 0.3) is 0 Å². The van der Waals surface area contributed by atoms with E-state index in [9.17, 15) is 5.11 Å². The Labute approximate surface area is 114 Å². The highest BCUT2D eigenvalue weighted by Gasteiger charge is 2.26. The van der Waals surface area contributed by atoms with Crippen LogP contribution in [0.3, 0.4) is 0 Å². The van der Waals surface area contributed by atoms with Crippen LogP contribution in [0.5, 0.6) is 0 Å². The average Bonchev–Trinajstić information content (AvgIpc) is 2.76. The predicted octanol–water partition coefficient (Wildman–Crippen LogP) is 2.36. The third-order valence-corrected chi connectivity index (χ3v) is 3.72. The van der Waals surface area contributed by atoms with Crippen LogP contribution in [0, 0.1) is 0 Å². The molecule has 1 heterocycles. The van der Waals surface area contributed by atoms with Crippen LogP contribution in [0.15, 0.2) is 18.2 Å². The van der Waals surface area contributed by atoms with Gasteiger partial charge in [0, 0.05) is 35.4 Å². The standard InChI is InChI=1S/C14H21ClN2O/c1-16(2)9-13-4-3-7-17(13)14-8-12(15)6-5-11(14)10-18/h5-6,8,13,18H,3-4,7,9-10H2,1-2H3. The predicted molar refractivity (Wildman–Crippen MR) is 76.3 cm³/mol. The van der Waals surface area contributed by atoms with Crippen LogP contribution in [0.4, 0.5) is 5.69 Å². The lowest BCUT2D eigenvalue weighted by molar-refractivity contribution is 0.281. The van der Waals surface area contributed by atoms with E-state index in [-0.39, 0.29) is 6.61 Å². The summed E-state index contributed by atoms with van der Waals surface area (Å²) in [7, 11) is 4.20. The van der Waals surface area contributed by atoms with Crippen molar-refractivity contribution >= 4 is 17.3 Å². The monoisotopic (exact) mass is 268 g/mol. The minimum absolute atomic E-state index is 0.0671. The number of rotatable bonds is 4. The van der Waals surface area contributed by atoms with Gasteiger partial charge in [0.2, 0.25) is 0 Å². The molecule has 1 aliphatic heterocycles. The van der Waals surface area contributed by atoms with Gasteiger partial charge in [-0.1, -0.05) is 17.7 Å². The molecular weight excluding hydrogens is 248 g/mol. The van der Waals surface area contributed by atoms with Gasteiger partial charge in [-0.3, -0.25) is 0 Å². The van der Waals surface area contributed by atoms with E-state index in [0.29, 0.717) is 6.04 Å². The van der Waals surface area contributed by atoms with E-state index in [1.807, 2.05) is 18.2 Å². The Morgan fingerprint density at radius 2 is 2.22 bits per heavy atom.